The molecule has 5 heteroatoms. The van der Waals surface area contributed by atoms with Crippen LogP contribution in [0.3, 0.4) is 0 Å². The summed E-state index contributed by atoms with van der Waals surface area (Å²) < 4.78 is 8.51. The van der Waals surface area contributed by atoms with Gasteiger partial charge in [0, 0.05) is 0 Å². The van der Waals surface area contributed by atoms with E-state index in [2.05, 4.69) is 4.74 Å². The third kappa shape index (κ3) is 3.30. The van der Waals surface area contributed by atoms with Gasteiger partial charge in [-0.1, -0.05) is 25.1 Å². The zero-order chi connectivity index (χ0) is 11.3. The molecular weight excluding hydrogens is 200 g/mol. The SMILES string of the molecule is CCc1ccccc1OC(=O)OC(=O)O. The zero-order valence-electron chi connectivity index (χ0n) is 8.10. The minimum atomic E-state index is -1.69. The van der Waals surface area contributed by atoms with Crippen molar-refractivity contribution in [2.45, 2.75) is 13.3 Å². The van der Waals surface area contributed by atoms with Crippen molar-refractivity contribution in [2.24, 2.45) is 0 Å². The third-order valence-electron chi connectivity index (χ3n) is 1.72. The summed E-state index contributed by atoms with van der Waals surface area (Å²) in [5.74, 6) is 0.311. The average Bonchev–Trinajstić information content (AvgIpc) is 2.17. The molecule has 0 saturated heterocycles. The van der Waals surface area contributed by atoms with E-state index in [0.29, 0.717) is 12.2 Å². The molecule has 1 aromatic carbocycles. The van der Waals surface area contributed by atoms with Crippen LogP contribution in [0.4, 0.5) is 9.59 Å². The highest BCUT2D eigenvalue weighted by molar-refractivity contribution is 5.77. The maximum Gasteiger partial charge on any atom is 0.524 e. The van der Waals surface area contributed by atoms with Crippen LogP contribution in [0.25, 0.3) is 0 Å². The second-order valence-electron chi connectivity index (χ2n) is 2.68. The number of rotatable bonds is 2. The quantitative estimate of drug-likeness (QED) is 0.461. The Kier molecular flexibility index (Phi) is 3.68. The van der Waals surface area contributed by atoms with Gasteiger partial charge in [0.25, 0.3) is 0 Å². The van der Waals surface area contributed by atoms with Gasteiger partial charge in [-0.25, -0.2) is 9.59 Å². The number of carboxylic acid groups (broad SMARTS) is 1. The van der Waals surface area contributed by atoms with Crippen molar-refractivity contribution in [3.63, 3.8) is 0 Å². The molecule has 0 saturated carbocycles. The smallest absolute Gasteiger partial charge is 0.449 e. The number of carbonyl (C=O) groups excluding carboxylic acids is 1. The summed E-state index contributed by atoms with van der Waals surface area (Å²) in [4.78, 5) is 20.9. The van der Waals surface area contributed by atoms with E-state index in [1.807, 2.05) is 6.92 Å². The first kappa shape index (κ1) is 11.0. The number of ether oxygens (including phenoxy) is 2. The lowest BCUT2D eigenvalue weighted by atomic mass is 10.1. The van der Waals surface area contributed by atoms with Gasteiger partial charge in [0.05, 0.1) is 0 Å². The van der Waals surface area contributed by atoms with E-state index in [-0.39, 0.29) is 0 Å². The van der Waals surface area contributed by atoms with E-state index in [1.165, 1.54) is 0 Å². The van der Waals surface area contributed by atoms with Crippen LogP contribution in [0.2, 0.25) is 0 Å². The molecule has 0 bridgehead atoms. The van der Waals surface area contributed by atoms with Crippen LogP contribution in [0.5, 0.6) is 5.75 Å². The number of hydrogen-bond acceptors (Lipinski definition) is 4. The molecule has 5 nitrogen and oxygen atoms in total. The number of para-hydroxylation sites is 1. The molecule has 0 aliphatic heterocycles. The van der Waals surface area contributed by atoms with Gasteiger partial charge >= 0.3 is 12.3 Å². The minimum Gasteiger partial charge on any atom is -0.449 e. The van der Waals surface area contributed by atoms with Crippen LogP contribution in [0.1, 0.15) is 12.5 Å². The lowest BCUT2D eigenvalue weighted by Gasteiger charge is -2.06. The molecule has 0 fully saturated rings. The molecule has 0 atom stereocenters. The van der Waals surface area contributed by atoms with Crippen molar-refractivity contribution in [1.82, 2.24) is 0 Å². The molecule has 1 rings (SSSR count). The van der Waals surface area contributed by atoms with Gasteiger partial charge < -0.3 is 14.6 Å². The summed E-state index contributed by atoms with van der Waals surface area (Å²) in [6.45, 7) is 1.89. The van der Waals surface area contributed by atoms with Crippen molar-refractivity contribution in [2.75, 3.05) is 0 Å². The standard InChI is InChI=1S/C10H10O5/c1-2-7-5-3-4-6-8(7)14-10(13)15-9(11)12/h3-6H,2H2,1H3,(H,11,12). The minimum absolute atomic E-state index is 0.311. The molecule has 1 aromatic rings. The Morgan fingerprint density at radius 3 is 2.60 bits per heavy atom. The van der Waals surface area contributed by atoms with Crippen LogP contribution >= 0.6 is 0 Å². The van der Waals surface area contributed by atoms with Gasteiger partial charge in [-0.2, -0.15) is 0 Å². The van der Waals surface area contributed by atoms with Crippen molar-refractivity contribution < 1.29 is 24.2 Å². The maximum atomic E-state index is 10.9. The molecule has 0 radical (unpaired) electrons. The Morgan fingerprint density at radius 1 is 1.33 bits per heavy atom. The number of hydrogen-bond donors (Lipinski definition) is 1. The Hall–Kier alpha value is -2.04. The van der Waals surface area contributed by atoms with Gasteiger partial charge in [-0.05, 0) is 18.1 Å². The fourth-order valence-electron chi connectivity index (χ4n) is 1.08. The number of benzene rings is 1. The molecule has 0 unspecified atom stereocenters. The van der Waals surface area contributed by atoms with Crippen molar-refractivity contribution in [3.05, 3.63) is 29.8 Å². The van der Waals surface area contributed by atoms with Crippen molar-refractivity contribution in [3.8, 4) is 5.75 Å². The predicted molar refractivity (Wildman–Crippen MR) is 51.0 cm³/mol. The lowest BCUT2D eigenvalue weighted by molar-refractivity contribution is 0.0846. The fraction of sp³-hybridized carbons (Fsp3) is 0.200. The van der Waals surface area contributed by atoms with Crippen LogP contribution in [-0.2, 0) is 11.2 Å². The molecule has 1 N–H and O–H groups in total. The summed E-state index contributed by atoms with van der Waals surface area (Å²) in [5.41, 5.74) is 0.805. The van der Waals surface area contributed by atoms with Crippen molar-refractivity contribution >= 4 is 12.3 Å². The predicted octanol–water partition coefficient (Wildman–Crippen LogP) is 2.44. The number of carbonyl (C=O) groups is 2. The van der Waals surface area contributed by atoms with Crippen LogP contribution in [0.15, 0.2) is 24.3 Å². The third-order valence-corrected chi connectivity index (χ3v) is 1.72. The van der Waals surface area contributed by atoms with Gasteiger partial charge in [0.15, 0.2) is 0 Å². The van der Waals surface area contributed by atoms with Gasteiger partial charge in [-0.15, -0.1) is 0 Å². The molecule has 0 aliphatic rings. The second-order valence-corrected chi connectivity index (χ2v) is 2.68. The first-order chi connectivity index (χ1) is 7.13. The highest BCUT2D eigenvalue weighted by Gasteiger charge is 2.12. The normalized spacial score (nSPS) is 9.40. The summed E-state index contributed by atoms with van der Waals surface area (Å²) >= 11 is 0. The van der Waals surface area contributed by atoms with Crippen LogP contribution < -0.4 is 4.74 Å². The average molecular weight is 210 g/mol. The summed E-state index contributed by atoms with van der Waals surface area (Å²) in [6, 6.07) is 6.84. The van der Waals surface area contributed by atoms with E-state index in [4.69, 9.17) is 9.84 Å². The highest BCUT2D eigenvalue weighted by Crippen LogP contribution is 2.18. The van der Waals surface area contributed by atoms with Gasteiger partial charge in [0.1, 0.15) is 5.75 Å². The van der Waals surface area contributed by atoms with E-state index in [9.17, 15) is 9.59 Å². The molecule has 0 amide bonds. The first-order valence-corrected chi connectivity index (χ1v) is 4.34. The highest BCUT2D eigenvalue weighted by atomic mass is 16.8. The first-order valence-electron chi connectivity index (χ1n) is 4.34. The number of aryl methyl sites for hydroxylation is 1. The van der Waals surface area contributed by atoms with Gasteiger partial charge in [0.2, 0.25) is 0 Å². The topological polar surface area (TPSA) is 72.8 Å². The zero-order valence-corrected chi connectivity index (χ0v) is 8.10. The molecule has 80 valence electrons. The summed E-state index contributed by atoms with van der Waals surface area (Å²) in [7, 11) is 0. The van der Waals surface area contributed by atoms with E-state index in [1.54, 1.807) is 24.3 Å². The largest absolute Gasteiger partial charge is 0.524 e. The van der Waals surface area contributed by atoms with E-state index < -0.39 is 12.3 Å². The van der Waals surface area contributed by atoms with E-state index >= 15 is 0 Å². The van der Waals surface area contributed by atoms with Crippen LogP contribution in [-0.4, -0.2) is 17.4 Å². The Bertz CT molecular complexity index is 372. The Labute approximate surface area is 86.2 Å². The molecule has 0 aliphatic carbocycles. The van der Waals surface area contributed by atoms with Crippen LogP contribution in [0, 0.1) is 0 Å². The lowest BCUT2D eigenvalue weighted by Crippen LogP contribution is -2.15. The Balaban J connectivity index is 2.71. The van der Waals surface area contributed by atoms with E-state index in [0.717, 1.165) is 5.56 Å². The summed E-state index contributed by atoms with van der Waals surface area (Å²) in [6.07, 6.45) is -2.26. The summed E-state index contributed by atoms with van der Waals surface area (Å²) in [5, 5.41) is 8.17. The monoisotopic (exact) mass is 210 g/mol. The molecule has 15 heavy (non-hydrogen) atoms. The molecular formula is C10H10O5. The van der Waals surface area contributed by atoms with Crippen molar-refractivity contribution in [1.29, 1.82) is 0 Å². The molecule has 0 aromatic heterocycles. The molecule has 0 spiro atoms. The second kappa shape index (κ2) is 4.99. The van der Waals surface area contributed by atoms with Gasteiger partial charge in [-0.3, -0.25) is 0 Å². The molecule has 0 heterocycles. The Morgan fingerprint density at radius 2 is 2.00 bits per heavy atom. The fourth-order valence-corrected chi connectivity index (χ4v) is 1.08. The maximum absolute atomic E-state index is 10.9.